The Morgan fingerprint density at radius 1 is 1.41 bits per heavy atom. The molecule has 2 atom stereocenters. The van der Waals surface area contributed by atoms with E-state index in [-0.39, 0.29) is 23.8 Å². The topological polar surface area (TPSA) is 49.4 Å². The number of nitrogens with zero attached hydrogens (tertiary/aromatic N) is 1. The molecule has 1 saturated heterocycles. The zero-order chi connectivity index (χ0) is 16.1. The third-order valence-electron chi connectivity index (χ3n) is 4.02. The molecule has 1 aromatic rings. The summed E-state index contributed by atoms with van der Waals surface area (Å²) in [5.41, 5.74) is 0. The van der Waals surface area contributed by atoms with Crippen LogP contribution < -0.4 is 5.32 Å². The van der Waals surface area contributed by atoms with Gasteiger partial charge in [0.25, 0.3) is 5.91 Å². The summed E-state index contributed by atoms with van der Waals surface area (Å²) in [6.45, 7) is 7.66. The maximum Gasteiger partial charge on any atom is 0.263 e. The van der Waals surface area contributed by atoms with Crippen LogP contribution in [0.4, 0.5) is 0 Å². The number of likely N-dealkylation sites (tertiary alicyclic amines) is 1. The van der Waals surface area contributed by atoms with Crippen molar-refractivity contribution in [2.24, 2.45) is 11.8 Å². The minimum Gasteiger partial charge on any atom is -0.353 e. The van der Waals surface area contributed by atoms with Crippen molar-refractivity contribution in [2.45, 2.75) is 46.1 Å². The Kier molecular flexibility index (Phi) is 6.00. The van der Waals surface area contributed by atoms with E-state index in [0.717, 1.165) is 30.7 Å². The van der Waals surface area contributed by atoms with E-state index in [1.54, 1.807) is 0 Å². The molecule has 2 amide bonds. The quantitative estimate of drug-likeness (QED) is 0.905. The first-order valence-corrected chi connectivity index (χ1v) is 8.98. The highest BCUT2D eigenvalue weighted by Gasteiger charge is 2.29. The molecule has 0 radical (unpaired) electrons. The van der Waals surface area contributed by atoms with Gasteiger partial charge in [0.05, 0.1) is 10.8 Å². The molecule has 0 spiro atoms. The molecule has 1 aromatic heterocycles. The lowest BCUT2D eigenvalue weighted by atomic mass is 9.96. The lowest BCUT2D eigenvalue weighted by Gasteiger charge is -2.32. The first-order valence-electron chi connectivity index (χ1n) is 8.10. The Labute approximate surface area is 136 Å². The first-order chi connectivity index (χ1) is 10.5. The lowest BCUT2D eigenvalue weighted by molar-refractivity contribution is -0.127. The SMILES string of the molecule is CC(C)CC(C)NC(=O)C1CCCN(C(=O)c2cccs2)C1. The molecule has 1 aliphatic rings. The lowest BCUT2D eigenvalue weighted by Crippen LogP contribution is -2.47. The standard InChI is InChI=1S/C17H26N2O2S/c1-12(2)10-13(3)18-16(20)14-6-4-8-19(11-14)17(21)15-7-5-9-22-15/h5,7,9,12-14H,4,6,8,10-11H2,1-3H3,(H,18,20). The molecule has 5 heteroatoms. The summed E-state index contributed by atoms with van der Waals surface area (Å²) >= 11 is 1.46. The average molecular weight is 322 g/mol. The van der Waals surface area contributed by atoms with Crippen LogP contribution in [0.15, 0.2) is 17.5 Å². The van der Waals surface area contributed by atoms with Gasteiger partial charge in [-0.15, -0.1) is 11.3 Å². The summed E-state index contributed by atoms with van der Waals surface area (Å²) in [5.74, 6) is 0.644. The highest BCUT2D eigenvalue weighted by atomic mass is 32.1. The van der Waals surface area contributed by atoms with Crippen LogP contribution in [-0.4, -0.2) is 35.8 Å². The number of carbonyl (C=O) groups is 2. The number of thiophene rings is 1. The van der Waals surface area contributed by atoms with Gasteiger partial charge in [-0.3, -0.25) is 9.59 Å². The Morgan fingerprint density at radius 2 is 2.18 bits per heavy atom. The van der Waals surface area contributed by atoms with Crippen LogP contribution in [0.1, 0.15) is 49.7 Å². The molecule has 22 heavy (non-hydrogen) atoms. The summed E-state index contributed by atoms with van der Waals surface area (Å²) in [7, 11) is 0. The smallest absolute Gasteiger partial charge is 0.263 e. The highest BCUT2D eigenvalue weighted by Crippen LogP contribution is 2.21. The molecule has 0 aromatic carbocycles. The highest BCUT2D eigenvalue weighted by molar-refractivity contribution is 7.12. The molecule has 1 N–H and O–H groups in total. The van der Waals surface area contributed by atoms with E-state index in [4.69, 9.17) is 0 Å². The number of carbonyl (C=O) groups excluding carboxylic acids is 2. The molecule has 4 nitrogen and oxygen atoms in total. The van der Waals surface area contributed by atoms with E-state index in [1.807, 2.05) is 22.4 Å². The van der Waals surface area contributed by atoms with Gasteiger partial charge in [-0.05, 0) is 43.6 Å². The summed E-state index contributed by atoms with van der Waals surface area (Å²) in [6, 6.07) is 3.93. The minimum absolute atomic E-state index is 0.0581. The van der Waals surface area contributed by atoms with Crippen molar-refractivity contribution in [1.82, 2.24) is 10.2 Å². The molecule has 0 saturated carbocycles. The normalized spacial score (nSPS) is 20.0. The number of amides is 2. The third-order valence-corrected chi connectivity index (χ3v) is 4.88. The van der Waals surface area contributed by atoms with Gasteiger partial charge in [0.2, 0.25) is 5.91 Å². The molecular formula is C17H26N2O2S. The van der Waals surface area contributed by atoms with Crippen LogP contribution in [0.5, 0.6) is 0 Å². The minimum atomic E-state index is -0.0766. The summed E-state index contributed by atoms with van der Waals surface area (Å²) in [6.07, 6.45) is 2.75. The molecule has 0 bridgehead atoms. The predicted octanol–water partition coefficient (Wildman–Crippen LogP) is 3.15. The fourth-order valence-electron chi connectivity index (χ4n) is 3.06. The van der Waals surface area contributed by atoms with Gasteiger partial charge in [0.1, 0.15) is 0 Å². The Balaban J connectivity index is 1.90. The fraction of sp³-hybridized carbons (Fsp3) is 0.647. The van der Waals surface area contributed by atoms with E-state index < -0.39 is 0 Å². The maximum atomic E-state index is 12.4. The van der Waals surface area contributed by atoms with Crippen LogP contribution in [0.2, 0.25) is 0 Å². The summed E-state index contributed by atoms with van der Waals surface area (Å²) in [4.78, 5) is 27.4. The van der Waals surface area contributed by atoms with Gasteiger partial charge >= 0.3 is 0 Å². The molecule has 1 fully saturated rings. The van der Waals surface area contributed by atoms with Crippen molar-refractivity contribution in [1.29, 1.82) is 0 Å². The van der Waals surface area contributed by atoms with Crippen molar-refractivity contribution in [2.75, 3.05) is 13.1 Å². The predicted molar refractivity (Wildman–Crippen MR) is 90.0 cm³/mol. The van der Waals surface area contributed by atoms with E-state index in [2.05, 4.69) is 26.1 Å². The maximum absolute atomic E-state index is 12.4. The zero-order valence-electron chi connectivity index (χ0n) is 13.7. The molecule has 0 aliphatic carbocycles. The van der Waals surface area contributed by atoms with Crippen molar-refractivity contribution in [3.05, 3.63) is 22.4 Å². The zero-order valence-corrected chi connectivity index (χ0v) is 14.5. The Morgan fingerprint density at radius 3 is 2.82 bits per heavy atom. The van der Waals surface area contributed by atoms with Gasteiger partial charge in [0, 0.05) is 19.1 Å². The van der Waals surface area contributed by atoms with Gasteiger partial charge < -0.3 is 10.2 Å². The second kappa shape index (κ2) is 7.77. The fourth-order valence-corrected chi connectivity index (χ4v) is 3.75. The van der Waals surface area contributed by atoms with Crippen molar-refractivity contribution in [3.8, 4) is 0 Å². The molecule has 122 valence electrons. The molecular weight excluding hydrogens is 296 g/mol. The van der Waals surface area contributed by atoms with Crippen molar-refractivity contribution in [3.63, 3.8) is 0 Å². The summed E-state index contributed by atoms with van der Waals surface area (Å²) < 4.78 is 0. The van der Waals surface area contributed by atoms with Gasteiger partial charge in [-0.2, -0.15) is 0 Å². The Bertz CT molecular complexity index is 499. The van der Waals surface area contributed by atoms with Gasteiger partial charge in [-0.25, -0.2) is 0 Å². The monoisotopic (exact) mass is 322 g/mol. The van der Waals surface area contributed by atoms with Crippen molar-refractivity contribution >= 4 is 23.2 Å². The van der Waals surface area contributed by atoms with Crippen LogP contribution in [0, 0.1) is 11.8 Å². The third kappa shape index (κ3) is 4.57. The number of piperidine rings is 1. The molecule has 2 heterocycles. The summed E-state index contributed by atoms with van der Waals surface area (Å²) in [5, 5.41) is 5.01. The molecule has 1 aliphatic heterocycles. The van der Waals surface area contributed by atoms with Crippen LogP contribution >= 0.6 is 11.3 Å². The second-order valence-corrected chi connectivity index (χ2v) is 7.55. The van der Waals surface area contributed by atoms with E-state index in [1.165, 1.54) is 11.3 Å². The van der Waals surface area contributed by atoms with E-state index in [0.29, 0.717) is 12.5 Å². The van der Waals surface area contributed by atoms with Crippen molar-refractivity contribution < 1.29 is 9.59 Å². The number of hydrogen-bond acceptors (Lipinski definition) is 3. The van der Waals surface area contributed by atoms with Crippen LogP contribution in [-0.2, 0) is 4.79 Å². The van der Waals surface area contributed by atoms with E-state index in [9.17, 15) is 9.59 Å². The number of rotatable bonds is 5. The van der Waals surface area contributed by atoms with Crippen LogP contribution in [0.25, 0.3) is 0 Å². The number of nitrogens with one attached hydrogen (secondary N) is 1. The average Bonchev–Trinajstić information content (AvgIpc) is 2.99. The molecule has 2 unspecified atom stereocenters. The van der Waals surface area contributed by atoms with E-state index >= 15 is 0 Å². The second-order valence-electron chi connectivity index (χ2n) is 6.61. The first kappa shape index (κ1) is 17.0. The number of hydrogen-bond donors (Lipinski definition) is 1. The van der Waals surface area contributed by atoms with Gasteiger partial charge in [0.15, 0.2) is 0 Å². The Hall–Kier alpha value is -1.36. The molecule has 2 rings (SSSR count). The largest absolute Gasteiger partial charge is 0.353 e. The van der Waals surface area contributed by atoms with Gasteiger partial charge in [-0.1, -0.05) is 19.9 Å². The van der Waals surface area contributed by atoms with Crippen LogP contribution in [0.3, 0.4) is 0 Å².